The molecule has 0 amide bonds. The molecule has 12 rings (SSSR count). The van der Waals surface area contributed by atoms with Crippen molar-refractivity contribution in [1.29, 1.82) is 0 Å². The SMILES string of the molecule is c1ccc(-c2cc(-c3ccccc3)cc(-c3nc(-c4ccccc4)nc(-c4cc5ccccc5c5c4-c4ccccc4C54c5ccccc5-c5ccccc54)n3)c2)cc1. The molecule has 0 radical (unpaired) electrons. The molecule has 9 aromatic carbocycles. The second-order valence-electron chi connectivity index (χ2n) is 15.5. The fourth-order valence-corrected chi connectivity index (χ4v) is 9.84. The smallest absolute Gasteiger partial charge is 0.164 e. The Balaban J connectivity index is 1.18. The van der Waals surface area contributed by atoms with Gasteiger partial charge < -0.3 is 0 Å². The topological polar surface area (TPSA) is 38.7 Å². The molecule has 2 aliphatic carbocycles. The van der Waals surface area contributed by atoms with Crippen molar-refractivity contribution < 1.29 is 0 Å². The zero-order chi connectivity index (χ0) is 38.9. The van der Waals surface area contributed by atoms with Gasteiger partial charge in [-0.15, -0.1) is 0 Å². The van der Waals surface area contributed by atoms with Crippen LogP contribution in [0.3, 0.4) is 0 Å². The predicted molar refractivity (Wildman–Crippen MR) is 241 cm³/mol. The van der Waals surface area contributed by atoms with Crippen LogP contribution in [0.5, 0.6) is 0 Å². The van der Waals surface area contributed by atoms with E-state index in [0.717, 1.165) is 44.3 Å². The maximum absolute atomic E-state index is 5.51. The minimum Gasteiger partial charge on any atom is -0.208 e. The van der Waals surface area contributed by atoms with Crippen LogP contribution in [0.15, 0.2) is 212 Å². The van der Waals surface area contributed by atoms with E-state index in [-0.39, 0.29) is 0 Å². The number of fused-ring (bicyclic) bond motifs is 12. The highest BCUT2D eigenvalue weighted by molar-refractivity contribution is 6.08. The van der Waals surface area contributed by atoms with Crippen molar-refractivity contribution in [2.75, 3.05) is 0 Å². The van der Waals surface area contributed by atoms with Crippen LogP contribution in [-0.4, -0.2) is 15.0 Å². The van der Waals surface area contributed by atoms with Crippen molar-refractivity contribution in [3.63, 3.8) is 0 Å². The van der Waals surface area contributed by atoms with Gasteiger partial charge in [0.05, 0.1) is 5.41 Å². The van der Waals surface area contributed by atoms with Crippen LogP contribution in [0, 0.1) is 0 Å². The number of hydrogen-bond donors (Lipinski definition) is 0. The molecule has 1 heterocycles. The Hall–Kier alpha value is -7.75. The van der Waals surface area contributed by atoms with Gasteiger partial charge in [0, 0.05) is 16.7 Å². The molecule has 0 bridgehead atoms. The largest absolute Gasteiger partial charge is 0.208 e. The van der Waals surface area contributed by atoms with E-state index >= 15 is 0 Å². The van der Waals surface area contributed by atoms with Gasteiger partial charge in [-0.1, -0.05) is 188 Å². The Bertz CT molecular complexity index is 3160. The summed E-state index contributed by atoms with van der Waals surface area (Å²) in [6.45, 7) is 0. The molecule has 274 valence electrons. The summed E-state index contributed by atoms with van der Waals surface area (Å²) in [4.78, 5) is 16.2. The first-order valence-corrected chi connectivity index (χ1v) is 20.2. The maximum Gasteiger partial charge on any atom is 0.164 e. The summed E-state index contributed by atoms with van der Waals surface area (Å²) in [7, 11) is 0. The molecule has 1 aromatic heterocycles. The van der Waals surface area contributed by atoms with Gasteiger partial charge in [-0.2, -0.15) is 0 Å². The van der Waals surface area contributed by atoms with Gasteiger partial charge >= 0.3 is 0 Å². The Morgan fingerprint density at radius 3 is 1.31 bits per heavy atom. The third kappa shape index (κ3) is 5.05. The van der Waals surface area contributed by atoms with E-state index in [1.807, 2.05) is 18.2 Å². The number of hydrogen-bond acceptors (Lipinski definition) is 3. The molecule has 0 N–H and O–H groups in total. The van der Waals surface area contributed by atoms with Crippen molar-refractivity contribution in [1.82, 2.24) is 15.0 Å². The molecule has 0 aliphatic heterocycles. The number of rotatable bonds is 5. The Labute approximate surface area is 343 Å². The van der Waals surface area contributed by atoms with E-state index in [2.05, 4.69) is 194 Å². The van der Waals surface area contributed by atoms with Crippen molar-refractivity contribution >= 4 is 10.8 Å². The van der Waals surface area contributed by atoms with Gasteiger partial charge in [0.15, 0.2) is 17.5 Å². The summed E-state index contributed by atoms with van der Waals surface area (Å²) in [6, 6.07) is 76.2. The molecule has 0 unspecified atom stereocenters. The lowest BCUT2D eigenvalue weighted by Gasteiger charge is -2.31. The van der Waals surface area contributed by atoms with Crippen LogP contribution in [0.4, 0.5) is 0 Å². The minimum atomic E-state index is -0.526. The molecule has 59 heavy (non-hydrogen) atoms. The second kappa shape index (κ2) is 13.2. The zero-order valence-electron chi connectivity index (χ0n) is 32.0. The minimum absolute atomic E-state index is 0.526. The maximum atomic E-state index is 5.51. The predicted octanol–water partition coefficient (Wildman–Crippen LogP) is 13.7. The quantitative estimate of drug-likeness (QED) is 0.176. The summed E-state index contributed by atoms with van der Waals surface area (Å²) in [5.74, 6) is 1.91. The van der Waals surface area contributed by atoms with Gasteiger partial charge in [-0.05, 0) is 102 Å². The van der Waals surface area contributed by atoms with Crippen LogP contribution in [-0.2, 0) is 5.41 Å². The van der Waals surface area contributed by atoms with Crippen LogP contribution >= 0.6 is 0 Å². The number of nitrogens with zero attached hydrogens (tertiary/aromatic N) is 3. The van der Waals surface area contributed by atoms with Gasteiger partial charge in [0.1, 0.15) is 0 Å². The molecule has 3 heteroatoms. The van der Waals surface area contributed by atoms with Gasteiger partial charge in [-0.25, -0.2) is 15.0 Å². The van der Waals surface area contributed by atoms with E-state index in [0.29, 0.717) is 17.5 Å². The van der Waals surface area contributed by atoms with Crippen LogP contribution < -0.4 is 0 Å². The van der Waals surface area contributed by atoms with Crippen LogP contribution in [0.25, 0.3) is 89.4 Å². The normalized spacial score (nSPS) is 12.9. The summed E-state index contributed by atoms with van der Waals surface area (Å²) in [5.41, 5.74) is 16.9. The number of aromatic nitrogens is 3. The van der Waals surface area contributed by atoms with E-state index in [9.17, 15) is 0 Å². The molecular weight excluding hydrogens is 715 g/mol. The molecule has 1 spiro atoms. The van der Waals surface area contributed by atoms with E-state index in [1.165, 1.54) is 49.9 Å². The molecule has 0 fully saturated rings. The average molecular weight is 750 g/mol. The lowest BCUT2D eigenvalue weighted by molar-refractivity contribution is 0.801. The van der Waals surface area contributed by atoms with Gasteiger partial charge in [-0.3, -0.25) is 0 Å². The molecule has 0 saturated heterocycles. The van der Waals surface area contributed by atoms with Crippen molar-refractivity contribution in [3.05, 3.63) is 235 Å². The third-order valence-corrected chi connectivity index (χ3v) is 12.3. The van der Waals surface area contributed by atoms with Crippen molar-refractivity contribution in [3.8, 4) is 78.7 Å². The van der Waals surface area contributed by atoms with Crippen molar-refractivity contribution in [2.24, 2.45) is 0 Å². The molecule has 2 aliphatic rings. The highest BCUT2D eigenvalue weighted by Gasteiger charge is 2.53. The molecule has 3 nitrogen and oxygen atoms in total. The summed E-state index contributed by atoms with van der Waals surface area (Å²) in [6.07, 6.45) is 0. The van der Waals surface area contributed by atoms with E-state index in [4.69, 9.17) is 15.0 Å². The first-order chi connectivity index (χ1) is 29.3. The van der Waals surface area contributed by atoms with E-state index in [1.54, 1.807) is 0 Å². The molecule has 0 atom stereocenters. The fourth-order valence-electron chi connectivity index (χ4n) is 9.84. The second-order valence-corrected chi connectivity index (χ2v) is 15.5. The van der Waals surface area contributed by atoms with Crippen LogP contribution in [0.1, 0.15) is 22.3 Å². The van der Waals surface area contributed by atoms with E-state index < -0.39 is 5.41 Å². The summed E-state index contributed by atoms with van der Waals surface area (Å²) in [5, 5.41) is 2.38. The first-order valence-electron chi connectivity index (χ1n) is 20.2. The van der Waals surface area contributed by atoms with Gasteiger partial charge in [0.25, 0.3) is 0 Å². The van der Waals surface area contributed by atoms with Crippen molar-refractivity contribution in [2.45, 2.75) is 5.41 Å². The Morgan fingerprint density at radius 1 is 0.288 bits per heavy atom. The monoisotopic (exact) mass is 749 g/mol. The third-order valence-electron chi connectivity index (χ3n) is 12.3. The highest BCUT2D eigenvalue weighted by Crippen LogP contribution is 2.65. The summed E-state index contributed by atoms with van der Waals surface area (Å²) >= 11 is 0. The lowest BCUT2D eigenvalue weighted by atomic mass is 9.69. The Morgan fingerprint density at radius 2 is 0.712 bits per heavy atom. The highest BCUT2D eigenvalue weighted by atomic mass is 15.0. The molecule has 0 saturated carbocycles. The summed E-state index contributed by atoms with van der Waals surface area (Å²) < 4.78 is 0. The fraction of sp³-hybridized carbons (Fsp3) is 0.0179. The average Bonchev–Trinajstić information content (AvgIpc) is 3.80. The number of benzene rings is 9. The standard InChI is InChI=1S/C56H35N3/c1-4-18-36(19-5-1)40-32-41(37-20-6-2-7-21-37)34-42(33-40)54-57-53(38-22-8-3-9-23-38)58-55(59-54)47-35-39-24-10-11-25-43(39)52-51(47)46-28-14-17-31-50(46)56(52)48-29-15-12-26-44(48)45-27-13-16-30-49(45)56/h1-35H. The Kier molecular flexibility index (Phi) is 7.45. The first kappa shape index (κ1) is 33.4. The van der Waals surface area contributed by atoms with Gasteiger partial charge in [0.2, 0.25) is 0 Å². The molecule has 10 aromatic rings. The zero-order valence-corrected chi connectivity index (χ0v) is 32.0. The lowest BCUT2D eigenvalue weighted by Crippen LogP contribution is -2.26. The van der Waals surface area contributed by atoms with Crippen LogP contribution in [0.2, 0.25) is 0 Å². The molecular formula is C56H35N3.